The normalized spacial score (nSPS) is 19.8. The predicted molar refractivity (Wildman–Crippen MR) is 203 cm³/mol. The van der Waals surface area contributed by atoms with Gasteiger partial charge in [-0.25, -0.2) is 14.6 Å². The summed E-state index contributed by atoms with van der Waals surface area (Å²) in [7, 11) is 0. The van der Waals surface area contributed by atoms with E-state index < -0.39 is 41.7 Å². The van der Waals surface area contributed by atoms with Gasteiger partial charge in [-0.1, -0.05) is 31.9 Å². The molecule has 2 aliphatic heterocycles. The molecular weight excluding hydrogens is 726 g/mol. The van der Waals surface area contributed by atoms with Gasteiger partial charge in [-0.3, -0.25) is 34.2 Å². The molecule has 3 aromatic rings. The number of terminal acetylenes is 1. The second kappa shape index (κ2) is 18.4. The van der Waals surface area contributed by atoms with Crippen molar-refractivity contribution in [2.24, 2.45) is 5.92 Å². The van der Waals surface area contributed by atoms with E-state index in [1.807, 2.05) is 45.0 Å². The Morgan fingerprint density at radius 2 is 1.89 bits per heavy atom. The van der Waals surface area contributed by atoms with Crippen LogP contribution in [0.15, 0.2) is 35.4 Å². The van der Waals surface area contributed by atoms with Crippen LogP contribution in [-0.2, 0) is 39.8 Å². The third kappa shape index (κ3) is 11.3. The van der Waals surface area contributed by atoms with E-state index >= 15 is 0 Å². The molecule has 17 nitrogen and oxygen atoms in total. The number of aromatic nitrogens is 4. The highest BCUT2D eigenvalue weighted by Crippen LogP contribution is 2.33. The number of aromatic amines is 1. The number of hydrogen-bond acceptors (Lipinski definition) is 13. The van der Waals surface area contributed by atoms with E-state index in [4.69, 9.17) is 30.1 Å². The fourth-order valence-corrected chi connectivity index (χ4v) is 6.51. The number of nitrogens with one attached hydrogen (secondary N) is 2. The maximum Gasteiger partial charge on any atom is 0.508 e. The number of carbonyl (C=O) groups excluding carboxylic acids is 4. The Morgan fingerprint density at radius 1 is 1.14 bits per heavy atom. The number of ether oxygens (including phenoxy) is 5. The molecule has 17 heteroatoms. The number of piperidine rings is 1. The Balaban J connectivity index is 1.21. The monoisotopic (exact) mass is 777 g/mol. The zero-order valence-electron chi connectivity index (χ0n) is 32.7. The summed E-state index contributed by atoms with van der Waals surface area (Å²) >= 11 is 0. The van der Waals surface area contributed by atoms with Crippen LogP contribution in [0, 0.1) is 18.3 Å². The Hall–Kier alpha value is -5.47. The van der Waals surface area contributed by atoms with Gasteiger partial charge >= 0.3 is 18.2 Å². The van der Waals surface area contributed by atoms with Crippen molar-refractivity contribution in [3.63, 3.8) is 0 Å². The maximum absolute atomic E-state index is 13.1. The first kappa shape index (κ1) is 41.7. The van der Waals surface area contributed by atoms with E-state index in [2.05, 4.69) is 31.1 Å². The van der Waals surface area contributed by atoms with Crippen LogP contribution < -0.4 is 10.9 Å². The van der Waals surface area contributed by atoms with Crippen molar-refractivity contribution >= 4 is 41.2 Å². The molecular formula is C39H51N7O10. The van der Waals surface area contributed by atoms with Gasteiger partial charge in [-0.2, -0.15) is 4.98 Å². The SMILES string of the molecule is C#Cc1ccc(CN(CCOC(=O)OC[C@H]2O[C@@H](n3cnc4c(=O)[nH]c(NC(=O)C(C)C)nc43)C[C@@H]2OC(C)=O)CC2CCCCN2C(=O)OC(C)(C)C)cc1. The van der Waals surface area contributed by atoms with E-state index in [0.29, 0.717) is 26.2 Å². The molecule has 5 rings (SSSR count). The fourth-order valence-electron chi connectivity index (χ4n) is 6.51. The second-order valence-corrected chi connectivity index (χ2v) is 15.2. The Bertz CT molecular complexity index is 1960. The number of amides is 2. The van der Waals surface area contributed by atoms with Crippen molar-refractivity contribution in [3.8, 4) is 12.3 Å². The molecule has 2 fully saturated rings. The number of benzene rings is 1. The van der Waals surface area contributed by atoms with Gasteiger partial charge in [0.2, 0.25) is 11.9 Å². The number of H-pyrrole nitrogens is 1. The zero-order chi connectivity index (χ0) is 40.6. The Morgan fingerprint density at radius 3 is 2.57 bits per heavy atom. The third-order valence-corrected chi connectivity index (χ3v) is 9.25. The summed E-state index contributed by atoms with van der Waals surface area (Å²) in [6.45, 7) is 11.8. The lowest BCUT2D eigenvalue weighted by Crippen LogP contribution is -2.51. The first-order valence-corrected chi connectivity index (χ1v) is 18.8. The molecule has 2 amide bonds. The van der Waals surface area contributed by atoms with E-state index in [1.54, 1.807) is 18.7 Å². The summed E-state index contributed by atoms with van der Waals surface area (Å²) < 4.78 is 29.8. The van der Waals surface area contributed by atoms with Crippen molar-refractivity contribution in [1.82, 2.24) is 29.3 Å². The molecule has 1 unspecified atom stereocenters. The minimum Gasteiger partial charge on any atom is -0.459 e. The molecule has 2 saturated heterocycles. The van der Waals surface area contributed by atoms with Gasteiger partial charge in [0.15, 0.2) is 11.2 Å². The maximum atomic E-state index is 13.1. The quantitative estimate of drug-likeness (QED) is 0.141. The van der Waals surface area contributed by atoms with Crippen molar-refractivity contribution in [2.45, 2.75) is 104 Å². The largest absolute Gasteiger partial charge is 0.508 e. The van der Waals surface area contributed by atoms with Crippen molar-refractivity contribution in [3.05, 3.63) is 52.1 Å². The van der Waals surface area contributed by atoms with Gasteiger partial charge in [0.05, 0.1) is 6.33 Å². The van der Waals surface area contributed by atoms with Crippen LogP contribution in [0.5, 0.6) is 0 Å². The smallest absolute Gasteiger partial charge is 0.459 e. The lowest BCUT2D eigenvalue weighted by Gasteiger charge is -2.39. The Kier molecular flexibility index (Phi) is 13.7. The molecule has 0 bridgehead atoms. The second-order valence-electron chi connectivity index (χ2n) is 15.2. The van der Waals surface area contributed by atoms with E-state index in [9.17, 15) is 24.0 Å². The first-order chi connectivity index (χ1) is 26.6. The van der Waals surface area contributed by atoms with Gasteiger partial charge in [-0.05, 0) is 57.7 Å². The number of imidazole rings is 1. The number of anilines is 1. The predicted octanol–water partition coefficient (Wildman–Crippen LogP) is 4.36. The molecule has 2 N–H and O–H groups in total. The van der Waals surface area contributed by atoms with Crippen LogP contribution >= 0.6 is 0 Å². The van der Waals surface area contributed by atoms with Crippen molar-refractivity contribution in [2.75, 3.05) is 38.2 Å². The van der Waals surface area contributed by atoms with Crippen LogP contribution in [0.1, 0.15) is 84.6 Å². The molecule has 302 valence electrons. The van der Waals surface area contributed by atoms with Gasteiger partial charge < -0.3 is 28.6 Å². The Labute approximate surface area is 325 Å². The van der Waals surface area contributed by atoms with E-state index in [1.165, 1.54) is 17.8 Å². The lowest BCUT2D eigenvalue weighted by atomic mass is 10.0. The third-order valence-electron chi connectivity index (χ3n) is 9.25. The average Bonchev–Trinajstić information content (AvgIpc) is 3.74. The summed E-state index contributed by atoms with van der Waals surface area (Å²) in [5, 5.41) is 2.57. The van der Waals surface area contributed by atoms with Gasteiger partial charge in [-0.15, -0.1) is 6.42 Å². The zero-order valence-corrected chi connectivity index (χ0v) is 32.7. The highest BCUT2D eigenvalue weighted by atomic mass is 16.7. The molecule has 0 saturated carbocycles. The molecule has 2 aromatic heterocycles. The lowest BCUT2D eigenvalue weighted by molar-refractivity contribution is -0.150. The van der Waals surface area contributed by atoms with Crippen LogP contribution in [0.4, 0.5) is 15.5 Å². The molecule has 1 aromatic carbocycles. The van der Waals surface area contributed by atoms with Gasteiger partial charge in [0, 0.05) is 57.0 Å². The van der Waals surface area contributed by atoms with Crippen LogP contribution in [-0.4, -0.2) is 110 Å². The number of rotatable bonds is 13. The highest BCUT2D eigenvalue weighted by Gasteiger charge is 2.40. The topological polar surface area (TPSA) is 197 Å². The summed E-state index contributed by atoms with van der Waals surface area (Å²) in [5.41, 5.74) is 0.719. The van der Waals surface area contributed by atoms with Gasteiger partial charge in [0.25, 0.3) is 5.56 Å². The molecule has 4 atom stereocenters. The number of carbonyl (C=O) groups is 4. The molecule has 56 heavy (non-hydrogen) atoms. The number of likely N-dealkylation sites (tertiary alicyclic amines) is 1. The van der Waals surface area contributed by atoms with E-state index in [0.717, 1.165) is 30.4 Å². The molecule has 2 aliphatic rings. The van der Waals surface area contributed by atoms with Crippen LogP contribution in [0.2, 0.25) is 0 Å². The van der Waals surface area contributed by atoms with E-state index in [-0.39, 0.29) is 60.7 Å². The number of hydrogen-bond donors (Lipinski definition) is 2. The standard InChI is InChI=1S/C39H51N7O10/c1-8-26-12-14-27(15-13-26)20-44(21-28-11-9-10-16-45(28)37(50)56-39(5,6)7)17-18-52-38(51)53-22-30-29(54-25(4)47)19-31(55-30)46-23-40-32-33(46)41-36(43-35(32)49)42-34(48)24(2)3/h1,12-15,23-24,28-31H,9-11,16-22H2,2-7H3,(H2,41,42,43,48,49)/t28?,29-,30+,31+/m0/s1. The highest BCUT2D eigenvalue weighted by molar-refractivity contribution is 5.91. The summed E-state index contributed by atoms with van der Waals surface area (Å²) in [4.78, 5) is 77.9. The molecule has 4 heterocycles. The molecule has 0 spiro atoms. The van der Waals surface area contributed by atoms with Crippen LogP contribution in [0.3, 0.4) is 0 Å². The minimum atomic E-state index is -0.947. The number of esters is 1. The van der Waals surface area contributed by atoms with Crippen molar-refractivity contribution in [1.29, 1.82) is 0 Å². The number of fused-ring (bicyclic) bond motifs is 1. The fraction of sp³-hybridized carbons (Fsp3) is 0.564. The summed E-state index contributed by atoms with van der Waals surface area (Å²) in [6, 6.07) is 7.52. The van der Waals surface area contributed by atoms with Crippen molar-refractivity contribution < 1.29 is 42.9 Å². The first-order valence-electron chi connectivity index (χ1n) is 18.8. The average molecular weight is 778 g/mol. The summed E-state index contributed by atoms with van der Waals surface area (Å²) in [6.07, 6.45) is 5.90. The molecule has 0 radical (unpaired) electrons. The number of nitrogens with zero attached hydrogens (tertiary/aromatic N) is 5. The molecule has 0 aliphatic carbocycles. The minimum absolute atomic E-state index is 0.0150. The van der Waals surface area contributed by atoms with Crippen LogP contribution in [0.25, 0.3) is 11.2 Å². The summed E-state index contributed by atoms with van der Waals surface area (Å²) in [5.74, 6) is 1.31. The van der Waals surface area contributed by atoms with Gasteiger partial charge in [0.1, 0.15) is 37.3 Å².